The fraction of sp³-hybridized carbons (Fsp3) is 0.286. The zero-order valence-electron chi connectivity index (χ0n) is 10.9. The smallest absolute Gasteiger partial charge is 0.139 e. The van der Waals surface area contributed by atoms with Gasteiger partial charge in [-0.1, -0.05) is 56.2 Å². The fourth-order valence-electron chi connectivity index (χ4n) is 1.69. The van der Waals surface area contributed by atoms with Crippen LogP contribution in [0.5, 0.6) is 0 Å². The molecule has 1 heterocycles. The monoisotopic (exact) mass is 312 g/mol. The van der Waals surface area contributed by atoms with Gasteiger partial charge in [0.2, 0.25) is 0 Å². The number of nitrogens with zero attached hydrogens (tertiary/aromatic N) is 1. The maximum atomic E-state index is 6.02. The molecule has 0 aliphatic heterocycles. The minimum absolute atomic E-state index is 0.0341. The van der Waals surface area contributed by atoms with E-state index in [2.05, 4.69) is 30.7 Å². The van der Waals surface area contributed by atoms with Gasteiger partial charge in [-0.05, 0) is 24.3 Å². The summed E-state index contributed by atoms with van der Waals surface area (Å²) in [5.41, 5.74) is 1.82. The standard InChI is InChI=1S/C14H14Cl2N2S/c1-14(2,3)11-7-12(19)18-13(17-11)8-4-9(15)6-10(16)5-8/h4-7H,1-3H3,(H,17,18,19). The summed E-state index contributed by atoms with van der Waals surface area (Å²) in [6.07, 6.45) is 0. The summed E-state index contributed by atoms with van der Waals surface area (Å²) < 4.78 is 0.551. The van der Waals surface area contributed by atoms with Crippen LogP contribution in [0.4, 0.5) is 0 Å². The molecule has 0 aliphatic carbocycles. The van der Waals surface area contributed by atoms with E-state index < -0.39 is 0 Å². The van der Waals surface area contributed by atoms with E-state index in [0.29, 0.717) is 20.5 Å². The topological polar surface area (TPSA) is 28.7 Å². The van der Waals surface area contributed by atoms with Crippen molar-refractivity contribution in [3.05, 3.63) is 44.6 Å². The lowest BCUT2D eigenvalue weighted by atomic mass is 9.92. The second-order valence-electron chi connectivity index (χ2n) is 5.39. The Morgan fingerprint density at radius 2 is 1.63 bits per heavy atom. The summed E-state index contributed by atoms with van der Waals surface area (Å²) in [5.74, 6) is 0.682. The van der Waals surface area contributed by atoms with Gasteiger partial charge in [0.1, 0.15) is 10.5 Å². The molecule has 1 aromatic carbocycles. The highest BCUT2D eigenvalue weighted by Gasteiger charge is 2.16. The molecule has 0 atom stereocenters. The van der Waals surface area contributed by atoms with Crippen LogP contribution in [0.2, 0.25) is 10.0 Å². The van der Waals surface area contributed by atoms with Crippen LogP contribution >= 0.6 is 35.4 Å². The Kier molecular flexibility index (Phi) is 4.00. The van der Waals surface area contributed by atoms with E-state index in [1.807, 2.05) is 18.2 Å². The number of aromatic amines is 1. The lowest BCUT2D eigenvalue weighted by molar-refractivity contribution is 0.567. The zero-order chi connectivity index (χ0) is 14.2. The van der Waals surface area contributed by atoms with Crippen LogP contribution in [0.1, 0.15) is 26.5 Å². The first-order chi connectivity index (χ1) is 8.75. The molecule has 2 rings (SSSR count). The number of H-pyrrole nitrogens is 1. The van der Waals surface area contributed by atoms with Crippen molar-refractivity contribution in [2.45, 2.75) is 26.2 Å². The van der Waals surface area contributed by atoms with Gasteiger partial charge in [-0.3, -0.25) is 0 Å². The van der Waals surface area contributed by atoms with Crippen LogP contribution in [-0.4, -0.2) is 9.97 Å². The van der Waals surface area contributed by atoms with Crippen molar-refractivity contribution in [3.63, 3.8) is 0 Å². The SMILES string of the molecule is CC(C)(C)c1cc(=S)nc(-c2cc(Cl)cc(Cl)c2)[nH]1. The average molecular weight is 313 g/mol. The molecule has 0 aliphatic rings. The van der Waals surface area contributed by atoms with E-state index in [1.54, 1.807) is 6.07 Å². The zero-order valence-corrected chi connectivity index (χ0v) is 13.2. The molecule has 100 valence electrons. The van der Waals surface area contributed by atoms with E-state index >= 15 is 0 Å². The van der Waals surface area contributed by atoms with Crippen molar-refractivity contribution >= 4 is 35.4 Å². The van der Waals surface area contributed by atoms with Gasteiger partial charge < -0.3 is 4.98 Å². The summed E-state index contributed by atoms with van der Waals surface area (Å²) >= 11 is 17.3. The highest BCUT2D eigenvalue weighted by Crippen LogP contribution is 2.27. The normalized spacial score (nSPS) is 11.6. The summed E-state index contributed by atoms with van der Waals surface area (Å²) in [4.78, 5) is 7.64. The minimum atomic E-state index is -0.0341. The Morgan fingerprint density at radius 3 is 2.16 bits per heavy atom. The Balaban J connectivity index is 2.63. The number of nitrogens with one attached hydrogen (secondary N) is 1. The molecule has 0 fully saturated rings. The molecule has 1 aromatic heterocycles. The van der Waals surface area contributed by atoms with Gasteiger partial charge in [-0.15, -0.1) is 0 Å². The lowest BCUT2D eigenvalue weighted by Crippen LogP contribution is -2.14. The average Bonchev–Trinajstić information content (AvgIpc) is 2.25. The molecule has 2 aromatic rings. The summed E-state index contributed by atoms with van der Waals surface area (Å²) in [6.45, 7) is 6.34. The van der Waals surface area contributed by atoms with Crippen LogP contribution in [0.15, 0.2) is 24.3 Å². The minimum Gasteiger partial charge on any atom is -0.343 e. The van der Waals surface area contributed by atoms with Crippen molar-refractivity contribution in [2.24, 2.45) is 0 Å². The predicted octanol–water partition coefficient (Wildman–Crippen LogP) is 5.41. The lowest BCUT2D eigenvalue weighted by Gasteiger charge is -2.19. The molecule has 1 N–H and O–H groups in total. The van der Waals surface area contributed by atoms with Crippen molar-refractivity contribution in [2.75, 3.05) is 0 Å². The molecule has 0 saturated heterocycles. The number of halogens is 2. The van der Waals surface area contributed by atoms with Crippen LogP contribution in [0.3, 0.4) is 0 Å². The third kappa shape index (κ3) is 3.56. The van der Waals surface area contributed by atoms with Gasteiger partial charge in [-0.2, -0.15) is 0 Å². The van der Waals surface area contributed by atoms with Crippen molar-refractivity contribution in [1.82, 2.24) is 9.97 Å². The van der Waals surface area contributed by atoms with Crippen molar-refractivity contribution in [1.29, 1.82) is 0 Å². The van der Waals surface area contributed by atoms with E-state index in [4.69, 9.17) is 35.4 Å². The summed E-state index contributed by atoms with van der Waals surface area (Å²) in [6, 6.07) is 7.20. The van der Waals surface area contributed by atoms with E-state index in [0.717, 1.165) is 11.3 Å². The third-order valence-electron chi connectivity index (χ3n) is 2.69. The molecule has 0 spiro atoms. The van der Waals surface area contributed by atoms with Gasteiger partial charge in [0, 0.05) is 26.7 Å². The van der Waals surface area contributed by atoms with Crippen molar-refractivity contribution in [3.8, 4) is 11.4 Å². The van der Waals surface area contributed by atoms with Crippen LogP contribution in [0, 0.1) is 4.64 Å². The highest BCUT2D eigenvalue weighted by atomic mass is 35.5. The predicted molar refractivity (Wildman–Crippen MR) is 83.6 cm³/mol. The molecule has 0 unspecified atom stereocenters. The summed E-state index contributed by atoms with van der Waals surface area (Å²) in [5, 5.41) is 1.15. The van der Waals surface area contributed by atoms with E-state index in [1.165, 1.54) is 0 Å². The number of rotatable bonds is 1. The quantitative estimate of drug-likeness (QED) is 0.713. The van der Waals surface area contributed by atoms with Gasteiger partial charge >= 0.3 is 0 Å². The van der Waals surface area contributed by atoms with Crippen LogP contribution in [0.25, 0.3) is 11.4 Å². The maximum Gasteiger partial charge on any atom is 0.139 e. The van der Waals surface area contributed by atoms with Gasteiger partial charge in [0.05, 0.1) is 0 Å². The molecule has 0 radical (unpaired) electrons. The Labute approximate surface area is 127 Å². The molecule has 0 amide bonds. The Morgan fingerprint density at radius 1 is 1.05 bits per heavy atom. The first-order valence-electron chi connectivity index (χ1n) is 5.84. The first kappa shape index (κ1) is 14.5. The maximum absolute atomic E-state index is 6.02. The van der Waals surface area contributed by atoms with Gasteiger partial charge in [0.15, 0.2) is 0 Å². The largest absolute Gasteiger partial charge is 0.343 e. The first-order valence-corrected chi connectivity index (χ1v) is 7.00. The molecule has 2 nitrogen and oxygen atoms in total. The fourth-order valence-corrected chi connectivity index (χ4v) is 2.42. The Hall–Kier alpha value is -0.900. The molecule has 0 saturated carbocycles. The van der Waals surface area contributed by atoms with Crippen LogP contribution < -0.4 is 0 Å². The Bertz CT molecular complexity index is 652. The third-order valence-corrected chi connectivity index (χ3v) is 3.33. The number of hydrogen-bond donors (Lipinski definition) is 1. The van der Waals surface area contributed by atoms with Gasteiger partial charge in [-0.25, -0.2) is 4.98 Å². The van der Waals surface area contributed by atoms with E-state index in [-0.39, 0.29) is 5.41 Å². The summed E-state index contributed by atoms with van der Waals surface area (Å²) in [7, 11) is 0. The second-order valence-corrected chi connectivity index (χ2v) is 6.68. The van der Waals surface area contributed by atoms with Gasteiger partial charge in [0.25, 0.3) is 0 Å². The highest BCUT2D eigenvalue weighted by molar-refractivity contribution is 7.71. The number of benzene rings is 1. The molecule has 19 heavy (non-hydrogen) atoms. The second kappa shape index (κ2) is 5.23. The van der Waals surface area contributed by atoms with Crippen molar-refractivity contribution < 1.29 is 0 Å². The molecule has 5 heteroatoms. The molecular weight excluding hydrogens is 299 g/mol. The number of hydrogen-bond acceptors (Lipinski definition) is 2. The molecule has 0 bridgehead atoms. The van der Waals surface area contributed by atoms with Crippen LogP contribution in [-0.2, 0) is 5.41 Å². The van der Waals surface area contributed by atoms with E-state index in [9.17, 15) is 0 Å². The number of aromatic nitrogens is 2. The molecular formula is C14H14Cl2N2S.